The molecule has 2 rings (SSSR count). The first-order valence-electron chi connectivity index (χ1n) is 7.20. The Bertz CT molecular complexity index is 673. The lowest BCUT2D eigenvalue weighted by Crippen LogP contribution is -2.38. The molecule has 0 saturated heterocycles. The van der Waals surface area contributed by atoms with E-state index in [0.717, 1.165) is 4.47 Å². The number of anilines is 1. The van der Waals surface area contributed by atoms with Crippen LogP contribution >= 0.6 is 15.9 Å². The molecule has 0 aromatic heterocycles. The molecule has 0 bridgehead atoms. The van der Waals surface area contributed by atoms with E-state index in [-0.39, 0.29) is 24.6 Å². The summed E-state index contributed by atoms with van der Waals surface area (Å²) >= 11 is 3.41. The molecule has 0 radical (unpaired) electrons. The van der Waals surface area contributed by atoms with Crippen molar-refractivity contribution >= 4 is 33.6 Å². The van der Waals surface area contributed by atoms with Gasteiger partial charge in [0.05, 0.1) is 37.5 Å². The third-order valence-electron chi connectivity index (χ3n) is 3.36. The number of carbonyl (C=O) groups is 2. The molecule has 1 heterocycles. The lowest BCUT2D eigenvalue weighted by molar-refractivity contribution is -0.140. The third-order valence-corrected chi connectivity index (χ3v) is 4.01. The zero-order chi connectivity index (χ0) is 17.7. The molecule has 0 N–H and O–H groups in total. The Balaban J connectivity index is 2.52. The highest BCUT2D eigenvalue weighted by Crippen LogP contribution is 2.33. The van der Waals surface area contributed by atoms with E-state index >= 15 is 0 Å². The van der Waals surface area contributed by atoms with Crippen molar-refractivity contribution in [3.63, 3.8) is 0 Å². The Hall–Kier alpha value is -2.06. The molecule has 1 aliphatic rings. The molecule has 130 valence electrons. The molecule has 0 unspecified atom stereocenters. The highest BCUT2D eigenvalue weighted by atomic mass is 79.9. The Labute approximate surface area is 148 Å². The van der Waals surface area contributed by atoms with Gasteiger partial charge in [0.2, 0.25) is 0 Å². The lowest BCUT2D eigenvalue weighted by Gasteiger charge is -2.31. The summed E-state index contributed by atoms with van der Waals surface area (Å²) in [6.45, 7) is 2.44. The number of rotatable bonds is 5. The lowest BCUT2D eigenvalue weighted by atomic mass is 10.1. The number of nitrogens with zero attached hydrogens (tertiary/aromatic N) is 1. The van der Waals surface area contributed by atoms with Crippen LogP contribution in [0.5, 0.6) is 5.75 Å². The molecular weight excluding hydrogens is 382 g/mol. The molecule has 0 fully saturated rings. The average molecular weight is 400 g/mol. The minimum atomic E-state index is -0.639. The average Bonchev–Trinajstić information content (AvgIpc) is 2.61. The van der Waals surface area contributed by atoms with Gasteiger partial charge in [-0.2, -0.15) is 0 Å². The van der Waals surface area contributed by atoms with E-state index < -0.39 is 11.9 Å². The minimum Gasteiger partial charge on any atom is -0.493 e. The molecule has 0 amide bonds. The second-order valence-corrected chi connectivity index (χ2v) is 5.62. The molecular formula is C16H18BrNO6. The van der Waals surface area contributed by atoms with Crippen LogP contribution in [0.2, 0.25) is 0 Å². The van der Waals surface area contributed by atoms with Crippen LogP contribution in [-0.4, -0.2) is 46.1 Å². The Morgan fingerprint density at radius 3 is 2.58 bits per heavy atom. The molecule has 7 nitrogen and oxygen atoms in total. The van der Waals surface area contributed by atoms with E-state index in [1.807, 2.05) is 6.92 Å². The van der Waals surface area contributed by atoms with Crippen LogP contribution in [0.15, 0.2) is 33.9 Å². The maximum absolute atomic E-state index is 12.2. The molecule has 0 aliphatic carbocycles. The summed E-state index contributed by atoms with van der Waals surface area (Å²) in [5.74, 6) is -0.661. The van der Waals surface area contributed by atoms with Crippen LogP contribution in [0, 0.1) is 0 Å². The van der Waals surface area contributed by atoms with Gasteiger partial charge in [0, 0.05) is 11.8 Å². The summed E-state index contributed by atoms with van der Waals surface area (Å²) < 4.78 is 21.3. The van der Waals surface area contributed by atoms with Crippen molar-refractivity contribution in [3.05, 3.63) is 33.9 Å². The van der Waals surface area contributed by atoms with Crippen molar-refractivity contribution in [1.82, 2.24) is 0 Å². The van der Waals surface area contributed by atoms with Gasteiger partial charge in [0.15, 0.2) is 0 Å². The number of hydrogen-bond acceptors (Lipinski definition) is 7. The number of esters is 2. The molecule has 0 saturated carbocycles. The topological polar surface area (TPSA) is 74.3 Å². The second kappa shape index (κ2) is 8.16. The highest BCUT2D eigenvalue weighted by Gasteiger charge is 2.32. The maximum Gasteiger partial charge on any atom is 0.355 e. The number of halogens is 1. The van der Waals surface area contributed by atoms with Gasteiger partial charge in [0.1, 0.15) is 18.2 Å². The third kappa shape index (κ3) is 3.70. The van der Waals surface area contributed by atoms with Crippen LogP contribution in [0.1, 0.15) is 6.92 Å². The first-order chi connectivity index (χ1) is 11.5. The van der Waals surface area contributed by atoms with Gasteiger partial charge in [-0.25, -0.2) is 9.59 Å². The van der Waals surface area contributed by atoms with Crippen molar-refractivity contribution in [2.45, 2.75) is 6.92 Å². The van der Waals surface area contributed by atoms with Gasteiger partial charge < -0.3 is 23.8 Å². The zero-order valence-electron chi connectivity index (χ0n) is 13.6. The Morgan fingerprint density at radius 1 is 1.25 bits per heavy atom. The van der Waals surface area contributed by atoms with E-state index in [9.17, 15) is 9.59 Å². The summed E-state index contributed by atoms with van der Waals surface area (Å²) in [5.41, 5.74) is 0.833. The van der Waals surface area contributed by atoms with Crippen LogP contribution in [0.25, 0.3) is 0 Å². The largest absolute Gasteiger partial charge is 0.493 e. The first kappa shape index (κ1) is 18.3. The van der Waals surface area contributed by atoms with E-state index in [2.05, 4.69) is 15.9 Å². The van der Waals surface area contributed by atoms with Crippen LogP contribution in [0.4, 0.5) is 5.69 Å². The summed E-state index contributed by atoms with van der Waals surface area (Å²) in [4.78, 5) is 25.8. The molecule has 0 spiro atoms. The number of hydrogen-bond donors (Lipinski definition) is 0. The predicted molar refractivity (Wildman–Crippen MR) is 89.7 cm³/mol. The molecule has 1 aromatic carbocycles. The minimum absolute atomic E-state index is 0.0253. The van der Waals surface area contributed by atoms with E-state index in [1.165, 1.54) is 14.2 Å². The quantitative estimate of drug-likeness (QED) is 0.702. The zero-order valence-corrected chi connectivity index (χ0v) is 15.2. The fourth-order valence-corrected chi connectivity index (χ4v) is 2.63. The monoisotopic (exact) mass is 399 g/mol. The van der Waals surface area contributed by atoms with E-state index in [1.54, 1.807) is 23.1 Å². The van der Waals surface area contributed by atoms with Crippen molar-refractivity contribution < 1.29 is 28.5 Å². The molecule has 8 heteroatoms. The molecule has 0 atom stereocenters. The maximum atomic E-state index is 12.2. The fourth-order valence-electron chi connectivity index (χ4n) is 2.27. The van der Waals surface area contributed by atoms with E-state index in [4.69, 9.17) is 18.9 Å². The summed E-state index contributed by atoms with van der Waals surface area (Å²) in [5, 5.41) is 0. The van der Waals surface area contributed by atoms with E-state index in [0.29, 0.717) is 18.0 Å². The summed E-state index contributed by atoms with van der Waals surface area (Å²) in [6.07, 6.45) is 0. The van der Waals surface area contributed by atoms with Gasteiger partial charge >= 0.3 is 11.9 Å². The van der Waals surface area contributed by atoms with Gasteiger partial charge in [0.25, 0.3) is 0 Å². The van der Waals surface area contributed by atoms with Crippen molar-refractivity contribution in [2.24, 2.45) is 0 Å². The molecule has 1 aliphatic heterocycles. The number of ether oxygens (including phenoxy) is 4. The summed E-state index contributed by atoms with van der Waals surface area (Å²) in [6, 6.07) is 5.32. The van der Waals surface area contributed by atoms with Gasteiger partial charge in [-0.3, -0.25) is 0 Å². The van der Waals surface area contributed by atoms with Crippen LogP contribution in [-0.2, 0) is 23.8 Å². The van der Waals surface area contributed by atoms with Crippen LogP contribution in [0.3, 0.4) is 0 Å². The standard InChI is InChI=1S/C16H18BrNO6/c1-4-24-13-7-10(5-6-12(13)17)18-9-23-8-11(15(19)21-2)14(18)16(20)22-3/h5-7H,4,8-9H2,1-3H3. The predicted octanol–water partition coefficient (Wildman–Crippen LogP) is 2.24. The number of methoxy groups -OCH3 is 2. The SMILES string of the molecule is CCOc1cc(N2COCC(C(=O)OC)=C2C(=O)OC)ccc1Br. The first-order valence-corrected chi connectivity index (χ1v) is 8.00. The van der Waals surface area contributed by atoms with Crippen LogP contribution < -0.4 is 9.64 Å². The Kier molecular flexibility index (Phi) is 6.22. The Morgan fingerprint density at radius 2 is 1.96 bits per heavy atom. The molecule has 1 aromatic rings. The van der Waals surface area contributed by atoms with Crippen molar-refractivity contribution in [3.8, 4) is 5.75 Å². The number of carbonyl (C=O) groups excluding carboxylic acids is 2. The molecule has 24 heavy (non-hydrogen) atoms. The summed E-state index contributed by atoms with van der Waals surface area (Å²) in [7, 11) is 2.50. The highest BCUT2D eigenvalue weighted by molar-refractivity contribution is 9.10. The van der Waals surface area contributed by atoms with Gasteiger partial charge in [-0.15, -0.1) is 0 Å². The number of benzene rings is 1. The smallest absolute Gasteiger partial charge is 0.355 e. The van der Waals surface area contributed by atoms with Gasteiger partial charge in [-0.05, 0) is 35.0 Å². The normalized spacial score (nSPS) is 14.4. The van der Waals surface area contributed by atoms with Crippen molar-refractivity contribution in [2.75, 3.05) is 39.1 Å². The second-order valence-electron chi connectivity index (χ2n) is 4.76. The fraction of sp³-hybridized carbons (Fsp3) is 0.375. The van der Waals surface area contributed by atoms with Crippen molar-refractivity contribution in [1.29, 1.82) is 0 Å². The van der Waals surface area contributed by atoms with Gasteiger partial charge in [-0.1, -0.05) is 0 Å².